The number of carboxylic acid groups (broad SMARTS) is 1. The lowest BCUT2D eigenvalue weighted by Gasteiger charge is -2.24. The van der Waals surface area contributed by atoms with Gasteiger partial charge in [-0.25, -0.2) is 4.79 Å². The summed E-state index contributed by atoms with van der Waals surface area (Å²) >= 11 is 0. The molecule has 1 aliphatic rings. The van der Waals surface area contributed by atoms with Crippen molar-refractivity contribution >= 4 is 17.5 Å². The third-order valence-electron chi connectivity index (χ3n) is 6.23. The Morgan fingerprint density at radius 2 is 1.69 bits per heavy atom. The Hall–Kier alpha value is -3.39. The number of Topliss-reactive ketones (excluding diaryl/α,β-unsaturated/α-hetero) is 2. The van der Waals surface area contributed by atoms with Crippen LogP contribution in [0.1, 0.15) is 90.8 Å². The fourth-order valence-electron chi connectivity index (χ4n) is 4.18. The molecular formula is C28H34O8. The molecule has 2 unspecified atom stereocenters. The maximum Gasteiger partial charge on any atom is 0.344 e. The summed E-state index contributed by atoms with van der Waals surface area (Å²) in [6.07, 6.45) is 2.13. The molecule has 0 saturated carbocycles. The molecule has 0 saturated heterocycles. The molecule has 2 N–H and O–H groups in total. The number of rotatable bonds is 13. The molecule has 0 fully saturated rings. The van der Waals surface area contributed by atoms with Crippen LogP contribution in [0.3, 0.4) is 0 Å². The fraction of sp³-hybridized carbons (Fsp3) is 0.464. The zero-order chi connectivity index (χ0) is 26.2. The molecule has 8 heteroatoms. The quantitative estimate of drug-likeness (QED) is 0.294. The maximum atomic E-state index is 12.1. The van der Waals surface area contributed by atoms with Crippen LogP contribution in [0.4, 0.5) is 0 Å². The molecule has 0 bridgehead atoms. The molecule has 2 aromatic rings. The summed E-state index contributed by atoms with van der Waals surface area (Å²) in [7, 11) is 0. The lowest BCUT2D eigenvalue weighted by molar-refractivity contribution is -0.145. The largest absolute Gasteiger partial charge is 0.494 e. The van der Waals surface area contributed by atoms with Crippen molar-refractivity contribution < 1.29 is 38.8 Å². The summed E-state index contributed by atoms with van der Waals surface area (Å²) in [5.41, 5.74) is 2.37. The smallest absolute Gasteiger partial charge is 0.344 e. The standard InChI is InChI=1S/C28H34O8/c1-4-24(31)23-15-20(9-10-21(23)17(2)29)34-12-6-5-7-13-35-27-16-26-19(14-22(27)18(3)30)8-11-25(36-26)28(32)33/h9-10,14-16,24-25,31H,4-8,11-13H2,1-3H3,(H,32,33). The van der Waals surface area contributed by atoms with Crippen molar-refractivity contribution in [2.24, 2.45) is 0 Å². The van der Waals surface area contributed by atoms with Gasteiger partial charge in [-0.15, -0.1) is 0 Å². The number of carbonyl (C=O) groups excluding carboxylic acids is 2. The van der Waals surface area contributed by atoms with E-state index in [9.17, 15) is 24.6 Å². The van der Waals surface area contributed by atoms with Crippen molar-refractivity contribution in [1.29, 1.82) is 0 Å². The molecule has 0 amide bonds. The minimum Gasteiger partial charge on any atom is -0.494 e. The van der Waals surface area contributed by atoms with E-state index >= 15 is 0 Å². The highest BCUT2D eigenvalue weighted by Gasteiger charge is 2.27. The van der Waals surface area contributed by atoms with Crippen LogP contribution in [0.15, 0.2) is 30.3 Å². The van der Waals surface area contributed by atoms with Gasteiger partial charge in [0.25, 0.3) is 0 Å². The molecule has 8 nitrogen and oxygen atoms in total. The summed E-state index contributed by atoms with van der Waals surface area (Å²) < 4.78 is 17.3. The third kappa shape index (κ3) is 6.85. The number of unbranched alkanes of at least 4 members (excludes halogenated alkanes) is 2. The van der Waals surface area contributed by atoms with Gasteiger partial charge in [-0.1, -0.05) is 6.92 Å². The number of benzene rings is 2. The number of ketones is 2. The summed E-state index contributed by atoms with van der Waals surface area (Å²) in [5.74, 6) is 0.239. The van der Waals surface area contributed by atoms with E-state index in [0.717, 1.165) is 24.8 Å². The van der Waals surface area contributed by atoms with Crippen molar-refractivity contribution in [3.63, 3.8) is 0 Å². The summed E-state index contributed by atoms with van der Waals surface area (Å²) in [6, 6.07) is 8.51. The summed E-state index contributed by atoms with van der Waals surface area (Å²) in [6.45, 7) is 5.68. The molecule has 0 aromatic heterocycles. The van der Waals surface area contributed by atoms with Crippen LogP contribution in [-0.2, 0) is 11.2 Å². The molecule has 194 valence electrons. The lowest BCUT2D eigenvalue weighted by atomic mass is 9.98. The number of fused-ring (bicyclic) bond motifs is 1. The average molecular weight is 499 g/mol. The topological polar surface area (TPSA) is 119 Å². The Kier molecular flexibility index (Phi) is 9.47. The van der Waals surface area contributed by atoms with E-state index in [1.54, 1.807) is 30.3 Å². The fourth-order valence-corrected chi connectivity index (χ4v) is 4.18. The highest BCUT2D eigenvalue weighted by Crippen LogP contribution is 2.35. The van der Waals surface area contributed by atoms with Gasteiger partial charge in [0.2, 0.25) is 0 Å². The van der Waals surface area contributed by atoms with Crippen molar-refractivity contribution in [3.8, 4) is 17.2 Å². The predicted octanol–water partition coefficient (Wildman–Crippen LogP) is 4.94. The number of ether oxygens (including phenoxy) is 3. The van der Waals surface area contributed by atoms with Gasteiger partial charge in [-0.3, -0.25) is 9.59 Å². The van der Waals surface area contributed by atoms with Gasteiger partial charge >= 0.3 is 5.97 Å². The molecule has 2 aromatic carbocycles. The number of aliphatic carboxylic acids is 1. The molecule has 0 aliphatic carbocycles. The van der Waals surface area contributed by atoms with Gasteiger partial charge in [-0.05, 0) is 87.8 Å². The molecule has 0 spiro atoms. The van der Waals surface area contributed by atoms with Gasteiger partial charge in [0, 0.05) is 11.6 Å². The maximum absolute atomic E-state index is 12.1. The molecule has 36 heavy (non-hydrogen) atoms. The van der Waals surface area contributed by atoms with E-state index in [2.05, 4.69) is 0 Å². The normalized spacial score (nSPS) is 15.4. The number of aliphatic hydroxyl groups is 1. The molecular weight excluding hydrogens is 464 g/mol. The van der Waals surface area contributed by atoms with Crippen LogP contribution in [0.25, 0.3) is 0 Å². The van der Waals surface area contributed by atoms with Gasteiger partial charge in [-0.2, -0.15) is 0 Å². The highest BCUT2D eigenvalue weighted by atomic mass is 16.5. The first-order valence-electron chi connectivity index (χ1n) is 12.4. The SMILES string of the molecule is CCC(O)c1cc(OCCCCCOc2cc3c(cc2C(C)=O)CCC(C(=O)O)O3)ccc1C(C)=O. The number of aryl methyl sites for hydroxylation is 1. The first-order chi connectivity index (χ1) is 17.2. The monoisotopic (exact) mass is 498 g/mol. The highest BCUT2D eigenvalue weighted by molar-refractivity contribution is 5.97. The minimum absolute atomic E-state index is 0.0934. The first kappa shape index (κ1) is 27.2. The van der Waals surface area contributed by atoms with Crippen LogP contribution in [0.5, 0.6) is 17.2 Å². The zero-order valence-corrected chi connectivity index (χ0v) is 21.0. The van der Waals surface area contributed by atoms with E-state index < -0.39 is 18.2 Å². The number of hydrogen-bond donors (Lipinski definition) is 2. The van der Waals surface area contributed by atoms with Gasteiger partial charge in [0.15, 0.2) is 17.7 Å². The van der Waals surface area contributed by atoms with Crippen molar-refractivity contribution in [2.75, 3.05) is 13.2 Å². The molecule has 3 rings (SSSR count). The molecule has 1 aliphatic heterocycles. The Labute approximate surface area is 211 Å². The second kappa shape index (κ2) is 12.5. The Balaban J connectivity index is 1.49. The Bertz CT molecular complexity index is 1110. The van der Waals surface area contributed by atoms with Crippen molar-refractivity contribution in [2.45, 2.75) is 71.5 Å². The number of carboxylic acids is 1. The van der Waals surface area contributed by atoms with Crippen LogP contribution in [-0.4, -0.2) is 47.1 Å². The second-order valence-corrected chi connectivity index (χ2v) is 8.98. The van der Waals surface area contributed by atoms with Crippen LogP contribution < -0.4 is 14.2 Å². The Morgan fingerprint density at radius 3 is 2.33 bits per heavy atom. The van der Waals surface area contributed by atoms with E-state index in [1.165, 1.54) is 13.8 Å². The van der Waals surface area contributed by atoms with E-state index in [4.69, 9.17) is 14.2 Å². The van der Waals surface area contributed by atoms with Crippen LogP contribution in [0, 0.1) is 0 Å². The lowest BCUT2D eigenvalue weighted by Crippen LogP contribution is -2.31. The van der Waals surface area contributed by atoms with Crippen molar-refractivity contribution in [1.82, 2.24) is 0 Å². The van der Waals surface area contributed by atoms with Gasteiger partial charge in [0.05, 0.1) is 24.9 Å². The van der Waals surface area contributed by atoms with Crippen LogP contribution >= 0.6 is 0 Å². The predicted molar refractivity (Wildman–Crippen MR) is 133 cm³/mol. The number of carbonyl (C=O) groups is 3. The van der Waals surface area contributed by atoms with Gasteiger partial charge in [0.1, 0.15) is 17.2 Å². The molecule has 0 radical (unpaired) electrons. The van der Waals surface area contributed by atoms with Crippen molar-refractivity contribution in [3.05, 3.63) is 52.6 Å². The second-order valence-electron chi connectivity index (χ2n) is 8.98. The number of aliphatic hydroxyl groups excluding tert-OH is 1. The zero-order valence-electron chi connectivity index (χ0n) is 21.0. The third-order valence-corrected chi connectivity index (χ3v) is 6.23. The van der Waals surface area contributed by atoms with E-state index in [1.807, 2.05) is 6.92 Å². The van der Waals surface area contributed by atoms with Gasteiger partial charge < -0.3 is 24.4 Å². The van der Waals surface area contributed by atoms with E-state index in [0.29, 0.717) is 66.4 Å². The van der Waals surface area contributed by atoms with E-state index in [-0.39, 0.29) is 11.6 Å². The summed E-state index contributed by atoms with van der Waals surface area (Å²) in [4.78, 5) is 35.2. The summed E-state index contributed by atoms with van der Waals surface area (Å²) in [5, 5.41) is 19.5. The first-order valence-corrected chi connectivity index (χ1v) is 12.4. The average Bonchev–Trinajstić information content (AvgIpc) is 2.86. The molecule has 2 atom stereocenters. The van der Waals surface area contributed by atoms with Crippen LogP contribution in [0.2, 0.25) is 0 Å². The molecule has 1 heterocycles. The minimum atomic E-state index is -1.01. The Morgan fingerprint density at radius 1 is 1.00 bits per heavy atom. The number of hydrogen-bond acceptors (Lipinski definition) is 7.